The number of carbonyl (C=O) groups excluding carboxylic acids is 5. The van der Waals surface area contributed by atoms with Crippen molar-refractivity contribution >= 4 is 50.1 Å². The Bertz CT molecular complexity index is 1610. The van der Waals surface area contributed by atoms with Gasteiger partial charge in [0.25, 0.3) is 0 Å². The Morgan fingerprint density at radius 1 is 0.636 bits per heavy atom. The monoisotopic (exact) mass is 966 g/mol. The van der Waals surface area contributed by atoms with E-state index >= 15 is 0 Å². The molecule has 0 heterocycles. The van der Waals surface area contributed by atoms with Crippen LogP contribution in [0.2, 0.25) is 0 Å². The first kappa shape index (κ1) is 52.2. The third-order valence-electron chi connectivity index (χ3n) is 7.67. The SMILES string of the molecule is CCCCCCCCCCOc1cc(S(=O)(=O)[O-])cc(S(=O)(=O)[O-])c1OCC(CN(CCN(CC(=O)[O-])CC(=O)[O-])CC(=O)[O-])N(CC(=O)[O-])CC(=O)[O-].[Gd+3]. The van der Waals surface area contributed by atoms with Gasteiger partial charge in [0, 0.05) is 58.4 Å². The number of nitrogens with zero attached hydrogens (tertiary/aromatic N) is 3. The van der Waals surface area contributed by atoms with Gasteiger partial charge in [-0.2, -0.15) is 0 Å². The Morgan fingerprint density at radius 2 is 1.09 bits per heavy atom. The van der Waals surface area contributed by atoms with E-state index in [0.717, 1.165) is 48.3 Å². The van der Waals surface area contributed by atoms with Crippen molar-refractivity contribution in [2.45, 2.75) is 74.1 Å². The predicted octanol–water partition coefficient (Wildman–Crippen LogP) is -6.58. The third-order valence-corrected chi connectivity index (χ3v) is 9.32. The summed E-state index contributed by atoms with van der Waals surface area (Å²) in [6, 6.07) is -0.789. The van der Waals surface area contributed by atoms with E-state index < -0.39 is 136 Å². The Kier molecular flexibility index (Phi) is 24.8. The van der Waals surface area contributed by atoms with Crippen LogP contribution in [-0.4, -0.2) is 142 Å². The molecule has 0 saturated carbocycles. The molecule has 55 heavy (non-hydrogen) atoms. The van der Waals surface area contributed by atoms with Crippen LogP contribution in [0.5, 0.6) is 11.5 Å². The number of hydrogen-bond donors (Lipinski definition) is 0. The van der Waals surface area contributed by atoms with E-state index in [1.54, 1.807) is 0 Å². The van der Waals surface area contributed by atoms with E-state index in [9.17, 15) is 75.4 Å². The topological polar surface area (TPSA) is 343 Å². The van der Waals surface area contributed by atoms with Crippen molar-refractivity contribution in [2.75, 3.05) is 65.6 Å². The molecular weight excluding hydrogens is 924 g/mol. The number of ether oxygens (including phenoxy) is 2. The molecule has 1 aromatic carbocycles. The standard InChI is InChI=1S/C31H49N3O18S2.Gd/c1-2-3-4-5-6-7-8-9-12-51-24-13-23(53(45,46)47)14-25(54(48,49)50)31(24)52-21-22(34(19-29(41)42)20-30(43)44)15-32(16-26(35)36)10-11-33(17-27(37)38)18-28(39)40;/h13-14,22H,2-12,15-21H2,1H3,(H,35,36)(H,37,38)(H,39,40)(H,41,42)(H,43,44)(H,45,46,47)(H,48,49,50);/q;+3/p-7. The van der Waals surface area contributed by atoms with Gasteiger partial charge in [-0.3, -0.25) is 14.7 Å². The van der Waals surface area contributed by atoms with Crippen LogP contribution in [0.1, 0.15) is 58.3 Å². The summed E-state index contributed by atoms with van der Waals surface area (Å²) >= 11 is 0. The number of unbranched alkanes of at least 4 members (excludes halogenated alkanes) is 7. The van der Waals surface area contributed by atoms with Gasteiger partial charge in [0.1, 0.15) is 31.7 Å². The van der Waals surface area contributed by atoms with Gasteiger partial charge in [-0.05, 0) is 12.5 Å². The molecule has 1 unspecified atom stereocenters. The smallest absolute Gasteiger partial charge is 0.744 e. The van der Waals surface area contributed by atoms with Gasteiger partial charge >= 0.3 is 39.9 Å². The Balaban J connectivity index is 0.0000292. The van der Waals surface area contributed by atoms with Crippen molar-refractivity contribution in [3.63, 3.8) is 0 Å². The van der Waals surface area contributed by atoms with Crippen LogP contribution in [0, 0.1) is 39.9 Å². The summed E-state index contributed by atoms with van der Waals surface area (Å²) in [6.07, 6.45) is 6.85. The molecule has 0 saturated heterocycles. The average molecular weight is 966 g/mol. The minimum absolute atomic E-state index is 0. The summed E-state index contributed by atoms with van der Waals surface area (Å²) in [5.74, 6) is -10.5. The van der Waals surface area contributed by atoms with Gasteiger partial charge in [-0.15, -0.1) is 0 Å². The molecule has 0 aromatic heterocycles. The molecule has 21 nitrogen and oxygen atoms in total. The molecule has 0 aliphatic rings. The van der Waals surface area contributed by atoms with Crippen LogP contribution in [0.3, 0.4) is 0 Å². The minimum atomic E-state index is -5.66. The molecule has 1 aromatic rings. The van der Waals surface area contributed by atoms with E-state index in [2.05, 4.69) is 6.92 Å². The first-order chi connectivity index (χ1) is 25.1. The zero-order valence-electron chi connectivity index (χ0n) is 29.8. The van der Waals surface area contributed by atoms with Gasteiger partial charge < -0.3 is 68.1 Å². The van der Waals surface area contributed by atoms with Crippen molar-refractivity contribution < 1.29 is 125 Å². The molecule has 1 rings (SSSR count). The predicted molar refractivity (Wildman–Crippen MR) is 169 cm³/mol. The van der Waals surface area contributed by atoms with Crippen molar-refractivity contribution in [2.24, 2.45) is 0 Å². The summed E-state index contributed by atoms with van der Waals surface area (Å²) in [7, 11) is -11.1. The maximum absolute atomic E-state index is 12.3. The van der Waals surface area contributed by atoms with Crippen LogP contribution in [0.4, 0.5) is 0 Å². The molecule has 0 fully saturated rings. The number of benzene rings is 1. The quantitative estimate of drug-likeness (QED) is 0.0493. The zero-order chi connectivity index (χ0) is 41.1. The summed E-state index contributed by atoms with van der Waals surface area (Å²) in [6.45, 7) is -5.99. The van der Waals surface area contributed by atoms with Crippen LogP contribution in [0.25, 0.3) is 0 Å². The van der Waals surface area contributed by atoms with Gasteiger partial charge in [-0.25, -0.2) is 16.8 Å². The van der Waals surface area contributed by atoms with Crippen molar-refractivity contribution in [3.8, 4) is 11.5 Å². The number of aliphatic carboxylic acids is 5. The van der Waals surface area contributed by atoms with Gasteiger partial charge in [0.15, 0.2) is 11.5 Å². The van der Waals surface area contributed by atoms with Crippen LogP contribution in [-0.2, 0) is 44.2 Å². The van der Waals surface area contributed by atoms with E-state index in [1.807, 2.05) is 0 Å². The van der Waals surface area contributed by atoms with Crippen LogP contribution >= 0.6 is 0 Å². The fourth-order valence-electron chi connectivity index (χ4n) is 5.23. The molecular formula is C31H42GdN3O18S2-4. The summed E-state index contributed by atoms with van der Waals surface area (Å²) in [4.78, 5) is 56.8. The van der Waals surface area contributed by atoms with Gasteiger partial charge in [-0.1, -0.05) is 51.9 Å². The summed E-state index contributed by atoms with van der Waals surface area (Å²) in [5.41, 5.74) is 0. The molecule has 24 heteroatoms. The second-order valence-corrected chi connectivity index (χ2v) is 14.9. The molecule has 1 radical (unpaired) electrons. The molecule has 0 N–H and O–H groups in total. The van der Waals surface area contributed by atoms with Gasteiger partial charge in [0.05, 0.1) is 47.4 Å². The normalized spacial score (nSPS) is 12.3. The second kappa shape index (κ2) is 26.2. The first-order valence-corrected chi connectivity index (χ1v) is 19.5. The molecule has 0 aliphatic carbocycles. The minimum Gasteiger partial charge on any atom is -0.744 e. The summed E-state index contributed by atoms with van der Waals surface area (Å²) < 4.78 is 83.8. The van der Waals surface area contributed by atoms with E-state index in [1.165, 1.54) is 0 Å². The third kappa shape index (κ3) is 22.5. The second-order valence-electron chi connectivity index (χ2n) is 12.2. The fourth-order valence-corrected chi connectivity index (χ4v) is 6.47. The Morgan fingerprint density at radius 3 is 1.55 bits per heavy atom. The molecule has 0 amide bonds. The zero-order valence-corrected chi connectivity index (χ0v) is 33.7. The Labute approximate surface area is 350 Å². The van der Waals surface area contributed by atoms with Crippen molar-refractivity contribution in [1.82, 2.24) is 14.7 Å². The molecule has 0 aliphatic heterocycles. The number of carboxylic acid groups (broad SMARTS) is 5. The maximum Gasteiger partial charge on any atom is 3.00 e. The average Bonchev–Trinajstić information content (AvgIpc) is 3.02. The Hall–Kier alpha value is -2.81. The number of hydrogen-bond acceptors (Lipinski definition) is 21. The van der Waals surface area contributed by atoms with Gasteiger partial charge in [0.2, 0.25) is 0 Å². The first-order valence-electron chi connectivity index (χ1n) is 16.7. The number of carboxylic acids is 5. The molecule has 313 valence electrons. The van der Waals surface area contributed by atoms with Crippen molar-refractivity contribution in [1.29, 1.82) is 0 Å². The molecule has 0 bridgehead atoms. The molecule has 0 spiro atoms. The van der Waals surface area contributed by atoms with Crippen LogP contribution in [0.15, 0.2) is 21.9 Å². The largest absolute Gasteiger partial charge is 3.00 e. The van der Waals surface area contributed by atoms with E-state index in [-0.39, 0.29) is 52.6 Å². The fraction of sp³-hybridized carbons (Fsp3) is 0.645. The number of carbonyl (C=O) groups is 5. The van der Waals surface area contributed by atoms with Crippen LogP contribution < -0.4 is 35.0 Å². The van der Waals surface area contributed by atoms with E-state index in [4.69, 9.17) is 9.47 Å². The number of rotatable bonds is 31. The molecule has 1 atom stereocenters. The van der Waals surface area contributed by atoms with E-state index in [0.29, 0.717) is 23.8 Å². The summed E-state index contributed by atoms with van der Waals surface area (Å²) in [5, 5.41) is 57.0. The van der Waals surface area contributed by atoms with Crippen molar-refractivity contribution in [3.05, 3.63) is 12.1 Å². The maximum atomic E-state index is 12.3.